The number of likely N-dealkylation sites (N-methyl/N-ethyl adjacent to an activating group) is 1. The van der Waals surface area contributed by atoms with Crippen LogP contribution in [0.3, 0.4) is 0 Å². The third-order valence-corrected chi connectivity index (χ3v) is 4.96. The molecule has 0 spiro atoms. The summed E-state index contributed by atoms with van der Waals surface area (Å²) in [5.74, 6) is -0.912. The van der Waals surface area contributed by atoms with Crippen LogP contribution in [0.4, 0.5) is 18.9 Å². The number of carbonyl (C=O) groups excluding carboxylic acids is 1. The Labute approximate surface area is 152 Å². The van der Waals surface area contributed by atoms with Gasteiger partial charge in [0.05, 0.1) is 29.6 Å². The molecule has 4 rings (SSSR count). The van der Waals surface area contributed by atoms with Crippen molar-refractivity contribution in [3.8, 4) is 0 Å². The quantitative estimate of drug-likeness (QED) is 0.758. The van der Waals surface area contributed by atoms with Crippen molar-refractivity contribution in [1.29, 1.82) is 0 Å². The normalized spacial score (nSPS) is 17.8. The highest BCUT2D eigenvalue weighted by Crippen LogP contribution is 2.33. The molecule has 1 aliphatic heterocycles. The summed E-state index contributed by atoms with van der Waals surface area (Å²) in [5, 5.41) is 8.86. The molecule has 1 saturated heterocycles. The Morgan fingerprint density at radius 1 is 1.37 bits per heavy atom. The molecule has 1 aliphatic rings. The lowest BCUT2D eigenvalue weighted by Crippen LogP contribution is -2.40. The van der Waals surface area contributed by atoms with Gasteiger partial charge in [-0.25, -0.2) is 9.97 Å². The number of amides is 1. The van der Waals surface area contributed by atoms with Crippen LogP contribution in [0.25, 0.3) is 21.9 Å². The van der Waals surface area contributed by atoms with E-state index >= 15 is 0 Å². The molecule has 7 nitrogen and oxygen atoms in total. The number of hydrogen-bond donors (Lipinski definition) is 1. The molecule has 0 radical (unpaired) electrons. The van der Waals surface area contributed by atoms with E-state index in [4.69, 9.17) is 0 Å². The first-order valence-corrected chi connectivity index (χ1v) is 8.47. The van der Waals surface area contributed by atoms with Crippen molar-refractivity contribution in [3.05, 3.63) is 24.7 Å². The molecule has 4 heterocycles. The van der Waals surface area contributed by atoms with Gasteiger partial charge >= 0.3 is 6.18 Å². The second kappa shape index (κ2) is 6.36. The number of aromatic nitrogens is 4. The standard InChI is InChI=1S/C17H17F3N6O/c1-25(14(27)6-17(18,19)20)10-3-5-26(9-10)13-8-23-24-12-7-22-16-11(15(12)13)2-4-21-16/h2,4,7-8,10,24H,3,5-6,9H2,1H3. The summed E-state index contributed by atoms with van der Waals surface area (Å²) in [6.07, 6.45) is -0.313. The summed E-state index contributed by atoms with van der Waals surface area (Å²) in [7, 11) is 1.43. The Balaban J connectivity index is 1.61. The highest BCUT2D eigenvalue weighted by atomic mass is 19.4. The van der Waals surface area contributed by atoms with Gasteiger partial charge in [-0.2, -0.15) is 18.3 Å². The predicted molar refractivity (Wildman–Crippen MR) is 93.2 cm³/mol. The summed E-state index contributed by atoms with van der Waals surface area (Å²) >= 11 is 0. The maximum absolute atomic E-state index is 12.5. The molecule has 1 fully saturated rings. The number of anilines is 1. The summed E-state index contributed by atoms with van der Waals surface area (Å²) in [5.41, 5.74) is 2.22. The van der Waals surface area contributed by atoms with E-state index in [9.17, 15) is 18.0 Å². The fourth-order valence-corrected chi connectivity index (χ4v) is 3.56. The maximum atomic E-state index is 12.5. The molecular formula is C17H17F3N6O. The lowest BCUT2D eigenvalue weighted by atomic mass is 10.1. The summed E-state index contributed by atoms with van der Waals surface area (Å²) in [4.78, 5) is 23.6. The SMILES string of the molecule is CN(C(=O)CC(F)(F)F)C1CCN(c2cn[nH]c3cnc4nccc4c23)C1. The van der Waals surface area contributed by atoms with E-state index in [2.05, 4.69) is 20.2 Å². The lowest BCUT2D eigenvalue weighted by Gasteiger charge is -2.26. The van der Waals surface area contributed by atoms with E-state index in [-0.39, 0.29) is 6.04 Å². The van der Waals surface area contributed by atoms with Gasteiger partial charge in [-0.1, -0.05) is 0 Å². The van der Waals surface area contributed by atoms with Gasteiger partial charge in [-0.3, -0.25) is 9.89 Å². The van der Waals surface area contributed by atoms with Crippen LogP contribution in [0, 0.1) is 0 Å². The Morgan fingerprint density at radius 2 is 2.19 bits per heavy atom. The van der Waals surface area contributed by atoms with E-state index < -0.39 is 18.5 Å². The molecule has 10 heteroatoms. The van der Waals surface area contributed by atoms with E-state index in [0.717, 1.165) is 22.0 Å². The molecule has 27 heavy (non-hydrogen) atoms. The van der Waals surface area contributed by atoms with Gasteiger partial charge < -0.3 is 9.80 Å². The number of rotatable bonds is 3. The average Bonchev–Trinajstić information content (AvgIpc) is 3.28. The van der Waals surface area contributed by atoms with Crippen LogP contribution in [-0.2, 0) is 4.79 Å². The Bertz CT molecular complexity index is 1000. The molecule has 142 valence electrons. The van der Waals surface area contributed by atoms with Crippen LogP contribution in [0.15, 0.2) is 24.7 Å². The minimum absolute atomic E-state index is 0.283. The number of nitrogens with zero attached hydrogens (tertiary/aromatic N) is 5. The maximum Gasteiger partial charge on any atom is 0.397 e. The largest absolute Gasteiger partial charge is 0.397 e. The molecule has 0 aliphatic carbocycles. The number of aromatic amines is 1. The third kappa shape index (κ3) is 3.26. The van der Waals surface area contributed by atoms with E-state index in [1.165, 1.54) is 11.9 Å². The van der Waals surface area contributed by atoms with Crippen molar-refractivity contribution in [2.24, 2.45) is 0 Å². The second-order valence-corrected chi connectivity index (χ2v) is 6.67. The topological polar surface area (TPSA) is 78.0 Å². The highest BCUT2D eigenvalue weighted by molar-refractivity contribution is 6.09. The van der Waals surface area contributed by atoms with Crippen molar-refractivity contribution in [3.63, 3.8) is 0 Å². The molecular weight excluding hydrogens is 361 g/mol. The zero-order chi connectivity index (χ0) is 19.2. The van der Waals surface area contributed by atoms with Gasteiger partial charge in [0, 0.05) is 37.1 Å². The van der Waals surface area contributed by atoms with E-state index in [1.54, 1.807) is 18.6 Å². The van der Waals surface area contributed by atoms with Crippen molar-refractivity contribution in [2.75, 3.05) is 25.0 Å². The van der Waals surface area contributed by atoms with Crippen LogP contribution >= 0.6 is 0 Å². The summed E-state index contributed by atoms with van der Waals surface area (Å²) in [6.45, 7) is 1.06. The molecule has 0 saturated carbocycles. The first kappa shape index (κ1) is 17.5. The number of carbonyl (C=O) groups is 1. The molecule has 1 N–H and O–H groups in total. The van der Waals surface area contributed by atoms with Gasteiger partial charge in [0.15, 0.2) is 5.65 Å². The number of fused-ring (bicyclic) bond motifs is 3. The van der Waals surface area contributed by atoms with Gasteiger partial charge in [-0.15, -0.1) is 0 Å². The van der Waals surface area contributed by atoms with Crippen LogP contribution in [0.2, 0.25) is 0 Å². The molecule has 1 unspecified atom stereocenters. The zero-order valence-electron chi connectivity index (χ0n) is 14.5. The number of nitrogens with one attached hydrogen (secondary N) is 1. The monoisotopic (exact) mass is 378 g/mol. The summed E-state index contributed by atoms with van der Waals surface area (Å²) in [6, 6.07) is 1.59. The number of halogens is 3. The molecule has 3 aromatic heterocycles. The summed E-state index contributed by atoms with van der Waals surface area (Å²) < 4.78 is 37.5. The van der Waals surface area contributed by atoms with Crippen LogP contribution < -0.4 is 4.90 Å². The minimum Gasteiger partial charge on any atom is -0.368 e. The van der Waals surface area contributed by atoms with Gasteiger partial charge in [-0.05, 0) is 12.5 Å². The van der Waals surface area contributed by atoms with Crippen molar-refractivity contribution in [1.82, 2.24) is 25.1 Å². The van der Waals surface area contributed by atoms with Crippen molar-refractivity contribution >= 4 is 33.5 Å². The Hall–Kier alpha value is -2.91. The number of hydrogen-bond acceptors (Lipinski definition) is 5. The number of alkyl halides is 3. The molecule has 1 amide bonds. The minimum atomic E-state index is -4.50. The molecule has 1 atom stereocenters. The predicted octanol–water partition coefficient (Wildman–Crippen LogP) is 2.50. The fourth-order valence-electron chi connectivity index (χ4n) is 3.56. The first-order valence-electron chi connectivity index (χ1n) is 8.47. The van der Waals surface area contributed by atoms with Crippen LogP contribution in [-0.4, -0.2) is 63.3 Å². The van der Waals surface area contributed by atoms with Crippen LogP contribution in [0.5, 0.6) is 0 Å². The number of pyridine rings is 1. The lowest BCUT2D eigenvalue weighted by molar-refractivity contribution is -0.161. The smallest absolute Gasteiger partial charge is 0.368 e. The Kier molecular flexibility index (Phi) is 4.12. The van der Waals surface area contributed by atoms with Crippen LogP contribution in [0.1, 0.15) is 12.8 Å². The van der Waals surface area contributed by atoms with Gasteiger partial charge in [0.1, 0.15) is 6.42 Å². The van der Waals surface area contributed by atoms with Gasteiger partial charge in [0.25, 0.3) is 0 Å². The zero-order valence-corrected chi connectivity index (χ0v) is 14.5. The van der Waals surface area contributed by atoms with Crippen molar-refractivity contribution < 1.29 is 18.0 Å². The molecule has 3 aromatic rings. The third-order valence-electron chi connectivity index (χ3n) is 4.96. The van der Waals surface area contributed by atoms with E-state index in [1.807, 2.05) is 11.0 Å². The Morgan fingerprint density at radius 3 is 2.96 bits per heavy atom. The highest BCUT2D eigenvalue weighted by Gasteiger charge is 2.36. The van der Waals surface area contributed by atoms with E-state index in [0.29, 0.717) is 25.2 Å². The molecule has 0 bridgehead atoms. The number of H-pyrrole nitrogens is 1. The van der Waals surface area contributed by atoms with Gasteiger partial charge in [0.2, 0.25) is 5.91 Å². The average molecular weight is 378 g/mol. The molecule has 0 aromatic carbocycles. The fraction of sp³-hybridized carbons (Fsp3) is 0.412. The second-order valence-electron chi connectivity index (χ2n) is 6.67. The first-order chi connectivity index (χ1) is 12.8. The van der Waals surface area contributed by atoms with Crippen molar-refractivity contribution in [2.45, 2.75) is 25.1 Å².